The first-order chi connectivity index (χ1) is 14.8. The molecule has 0 aliphatic carbocycles. The fourth-order valence-electron chi connectivity index (χ4n) is 3.36. The van der Waals surface area contributed by atoms with Crippen molar-refractivity contribution in [1.82, 2.24) is 34.9 Å². The Kier molecular flexibility index (Phi) is 8.82. The molecule has 1 aliphatic rings. The highest BCUT2D eigenvalue weighted by atomic mass is 16.5. The summed E-state index contributed by atoms with van der Waals surface area (Å²) in [7, 11) is 0. The molecule has 164 valence electrons. The van der Waals surface area contributed by atoms with Gasteiger partial charge in [-0.25, -0.2) is 9.97 Å². The van der Waals surface area contributed by atoms with Crippen molar-refractivity contribution in [2.75, 3.05) is 57.4 Å². The fraction of sp³-hybridized carbons (Fsp3) is 0.650. The van der Waals surface area contributed by atoms with Gasteiger partial charge in [0.25, 0.3) is 0 Å². The molecule has 0 amide bonds. The molecule has 3 rings (SSSR count). The third-order valence-electron chi connectivity index (χ3n) is 4.97. The molecule has 0 saturated carbocycles. The van der Waals surface area contributed by atoms with E-state index in [1.807, 2.05) is 13.0 Å². The third kappa shape index (κ3) is 6.38. The van der Waals surface area contributed by atoms with Crippen molar-refractivity contribution in [3.63, 3.8) is 0 Å². The molecular formula is C20H33N9O. The van der Waals surface area contributed by atoms with E-state index in [1.54, 1.807) is 18.7 Å². The van der Waals surface area contributed by atoms with Gasteiger partial charge in [0.1, 0.15) is 12.2 Å². The van der Waals surface area contributed by atoms with Gasteiger partial charge in [0.05, 0.1) is 0 Å². The van der Waals surface area contributed by atoms with E-state index in [2.05, 4.69) is 46.8 Å². The van der Waals surface area contributed by atoms with Gasteiger partial charge in [-0.1, -0.05) is 6.92 Å². The molecule has 0 unspecified atom stereocenters. The zero-order valence-corrected chi connectivity index (χ0v) is 18.1. The van der Waals surface area contributed by atoms with Crippen molar-refractivity contribution in [2.24, 2.45) is 4.99 Å². The summed E-state index contributed by atoms with van der Waals surface area (Å²) in [4.78, 5) is 18.1. The van der Waals surface area contributed by atoms with Gasteiger partial charge in [-0.2, -0.15) is 0 Å². The Morgan fingerprint density at radius 2 is 1.97 bits per heavy atom. The second kappa shape index (κ2) is 12.1. The van der Waals surface area contributed by atoms with Gasteiger partial charge < -0.3 is 24.4 Å². The number of piperazine rings is 1. The summed E-state index contributed by atoms with van der Waals surface area (Å²) in [6, 6.07) is 1.84. The van der Waals surface area contributed by atoms with Gasteiger partial charge in [0.15, 0.2) is 5.96 Å². The van der Waals surface area contributed by atoms with Gasteiger partial charge >= 0.3 is 0 Å². The minimum absolute atomic E-state index is 0.743. The number of hydrogen-bond acceptors (Lipinski definition) is 7. The Labute approximate surface area is 178 Å². The second-order valence-electron chi connectivity index (χ2n) is 7.00. The maximum atomic E-state index is 5.44. The van der Waals surface area contributed by atoms with Crippen molar-refractivity contribution >= 4 is 11.9 Å². The molecule has 3 heterocycles. The van der Waals surface area contributed by atoms with Crippen LogP contribution in [0.5, 0.6) is 0 Å². The lowest BCUT2D eigenvalue weighted by Crippen LogP contribution is -2.53. The van der Waals surface area contributed by atoms with Gasteiger partial charge in [-0.15, -0.1) is 10.2 Å². The molecule has 1 saturated heterocycles. The van der Waals surface area contributed by atoms with Crippen LogP contribution in [0.25, 0.3) is 0 Å². The van der Waals surface area contributed by atoms with Crippen LogP contribution >= 0.6 is 0 Å². The largest absolute Gasteiger partial charge is 0.382 e. The first kappa shape index (κ1) is 21.9. The number of anilines is 1. The highest BCUT2D eigenvalue weighted by Crippen LogP contribution is 2.10. The molecule has 1 aliphatic heterocycles. The summed E-state index contributed by atoms with van der Waals surface area (Å²) in [6.07, 6.45) is 7.16. The lowest BCUT2D eigenvalue weighted by molar-refractivity contribution is 0.146. The minimum atomic E-state index is 0.743. The van der Waals surface area contributed by atoms with Crippen molar-refractivity contribution in [2.45, 2.75) is 33.2 Å². The van der Waals surface area contributed by atoms with Gasteiger partial charge in [0, 0.05) is 77.8 Å². The van der Waals surface area contributed by atoms with Crippen LogP contribution in [-0.4, -0.2) is 88.1 Å². The quantitative estimate of drug-likeness (QED) is 0.346. The number of hydrogen-bond donors (Lipinski definition) is 1. The van der Waals surface area contributed by atoms with E-state index < -0.39 is 0 Å². The van der Waals surface area contributed by atoms with Gasteiger partial charge in [-0.05, 0) is 19.4 Å². The van der Waals surface area contributed by atoms with Crippen LogP contribution in [0.15, 0.2) is 29.8 Å². The van der Waals surface area contributed by atoms with Crippen LogP contribution in [0.4, 0.5) is 5.95 Å². The molecule has 0 bridgehead atoms. The molecule has 0 aromatic carbocycles. The number of rotatable bonds is 10. The van der Waals surface area contributed by atoms with Crippen LogP contribution in [0.3, 0.4) is 0 Å². The van der Waals surface area contributed by atoms with Crippen LogP contribution in [0.2, 0.25) is 0 Å². The first-order valence-corrected chi connectivity index (χ1v) is 10.8. The summed E-state index contributed by atoms with van der Waals surface area (Å²) < 4.78 is 7.53. The van der Waals surface area contributed by atoms with E-state index >= 15 is 0 Å². The normalized spacial score (nSPS) is 14.9. The monoisotopic (exact) mass is 415 g/mol. The predicted octanol–water partition coefficient (Wildman–Crippen LogP) is 0.825. The Bertz CT molecular complexity index is 757. The highest BCUT2D eigenvalue weighted by Gasteiger charge is 2.21. The number of aromatic nitrogens is 5. The molecule has 0 spiro atoms. The van der Waals surface area contributed by atoms with E-state index in [0.29, 0.717) is 0 Å². The molecule has 0 atom stereocenters. The van der Waals surface area contributed by atoms with E-state index in [4.69, 9.17) is 9.73 Å². The average molecular weight is 416 g/mol. The predicted molar refractivity (Wildman–Crippen MR) is 117 cm³/mol. The summed E-state index contributed by atoms with van der Waals surface area (Å²) in [5, 5.41) is 11.7. The zero-order chi connectivity index (χ0) is 21.0. The van der Waals surface area contributed by atoms with E-state index in [1.165, 1.54) is 0 Å². The molecule has 1 fully saturated rings. The van der Waals surface area contributed by atoms with Gasteiger partial charge in [-0.3, -0.25) is 4.99 Å². The summed E-state index contributed by atoms with van der Waals surface area (Å²) in [5.41, 5.74) is 0. The smallest absolute Gasteiger partial charge is 0.225 e. The maximum absolute atomic E-state index is 5.44. The van der Waals surface area contributed by atoms with Crippen LogP contribution in [0.1, 0.15) is 26.1 Å². The number of guanidine groups is 1. The molecule has 10 heteroatoms. The van der Waals surface area contributed by atoms with Gasteiger partial charge in [0.2, 0.25) is 5.95 Å². The summed E-state index contributed by atoms with van der Waals surface area (Å²) in [5.74, 6) is 2.75. The summed E-state index contributed by atoms with van der Waals surface area (Å²) >= 11 is 0. The van der Waals surface area contributed by atoms with Crippen LogP contribution in [0, 0.1) is 0 Å². The standard InChI is InChI=1S/C20H33N9O/c1-3-18-26-25-17-29(18)11-10-24-20(23-9-6-16-30-4-2)28-14-12-27(13-15-28)19-21-7-5-8-22-19/h5,7-8,17H,3-4,6,9-16H2,1-2H3,(H,23,24). The number of ether oxygens (including phenoxy) is 1. The summed E-state index contributed by atoms with van der Waals surface area (Å²) in [6.45, 7) is 11.4. The molecule has 30 heavy (non-hydrogen) atoms. The fourth-order valence-corrected chi connectivity index (χ4v) is 3.36. The number of aryl methyl sites for hydroxylation is 1. The number of nitrogens with zero attached hydrogens (tertiary/aromatic N) is 8. The minimum Gasteiger partial charge on any atom is -0.382 e. The van der Waals surface area contributed by atoms with E-state index in [0.717, 1.165) is 89.6 Å². The lowest BCUT2D eigenvalue weighted by Gasteiger charge is -2.36. The second-order valence-corrected chi connectivity index (χ2v) is 7.00. The SMILES string of the molecule is CCOCCCN=C(NCCn1cnnc1CC)N1CCN(c2ncccn2)CC1. The average Bonchev–Trinajstić information content (AvgIpc) is 3.26. The van der Waals surface area contributed by atoms with Crippen molar-refractivity contribution in [3.8, 4) is 0 Å². The Morgan fingerprint density at radius 3 is 2.70 bits per heavy atom. The topological polar surface area (TPSA) is 96.6 Å². The van der Waals surface area contributed by atoms with E-state index in [9.17, 15) is 0 Å². The maximum Gasteiger partial charge on any atom is 0.225 e. The van der Waals surface area contributed by atoms with Crippen LogP contribution in [-0.2, 0) is 17.7 Å². The zero-order valence-electron chi connectivity index (χ0n) is 18.1. The molecular weight excluding hydrogens is 382 g/mol. The lowest BCUT2D eigenvalue weighted by atomic mass is 10.3. The number of aliphatic imine (C=N–C) groups is 1. The van der Waals surface area contributed by atoms with Crippen molar-refractivity contribution < 1.29 is 4.74 Å². The molecule has 10 nitrogen and oxygen atoms in total. The van der Waals surface area contributed by atoms with Crippen molar-refractivity contribution in [1.29, 1.82) is 0 Å². The first-order valence-electron chi connectivity index (χ1n) is 10.8. The molecule has 0 radical (unpaired) electrons. The highest BCUT2D eigenvalue weighted by molar-refractivity contribution is 5.80. The third-order valence-corrected chi connectivity index (χ3v) is 4.97. The van der Waals surface area contributed by atoms with E-state index in [-0.39, 0.29) is 0 Å². The Hall–Kier alpha value is -2.75. The molecule has 2 aromatic rings. The number of nitrogens with one attached hydrogen (secondary N) is 1. The molecule has 1 N–H and O–H groups in total. The Balaban J connectivity index is 1.54. The molecule has 2 aromatic heterocycles. The Morgan fingerprint density at radius 1 is 1.17 bits per heavy atom. The van der Waals surface area contributed by atoms with Crippen molar-refractivity contribution in [3.05, 3.63) is 30.6 Å². The van der Waals surface area contributed by atoms with Crippen LogP contribution < -0.4 is 10.2 Å².